The fourth-order valence-electron chi connectivity index (χ4n) is 2.43. The number of aliphatic hydroxyl groups is 1. The maximum atomic E-state index is 11.8. The minimum absolute atomic E-state index is 0.0932. The van der Waals surface area contributed by atoms with E-state index in [0.29, 0.717) is 30.3 Å². The van der Waals surface area contributed by atoms with Gasteiger partial charge in [0.1, 0.15) is 12.4 Å². The van der Waals surface area contributed by atoms with Crippen LogP contribution in [-0.4, -0.2) is 36.4 Å². The van der Waals surface area contributed by atoms with Crippen molar-refractivity contribution < 1.29 is 14.6 Å². The van der Waals surface area contributed by atoms with Crippen molar-refractivity contribution in [3.05, 3.63) is 29.3 Å². The van der Waals surface area contributed by atoms with Gasteiger partial charge in [-0.2, -0.15) is 0 Å². The summed E-state index contributed by atoms with van der Waals surface area (Å²) in [6.07, 6.45) is 3.56. The summed E-state index contributed by atoms with van der Waals surface area (Å²) < 4.78 is 5.49. The molecule has 1 aliphatic rings. The van der Waals surface area contributed by atoms with E-state index < -0.39 is 0 Å². The molecule has 1 fully saturated rings. The zero-order chi connectivity index (χ0) is 15.1. The van der Waals surface area contributed by atoms with Crippen LogP contribution >= 0.6 is 11.6 Å². The number of hydrogen-bond donors (Lipinski definition) is 3. The number of carbonyl (C=O) groups is 1. The molecule has 3 N–H and O–H groups in total. The molecule has 0 radical (unpaired) electrons. The highest BCUT2D eigenvalue weighted by Crippen LogP contribution is 2.34. The van der Waals surface area contributed by atoms with Crippen LogP contribution in [0.2, 0.25) is 5.02 Å². The van der Waals surface area contributed by atoms with Crippen molar-refractivity contribution in [1.29, 1.82) is 0 Å². The van der Waals surface area contributed by atoms with Crippen LogP contribution < -0.4 is 15.4 Å². The molecule has 5 nitrogen and oxygen atoms in total. The van der Waals surface area contributed by atoms with Gasteiger partial charge in [-0.3, -0.25) is 0 Å². The molecular weight excluding hydrogens is 292 g/mol. The minimum atomic E-state index is -0.220. The maximum Gasteiger partial charge on any atom is 0.315 e. The maximum absolute atomic E-state index is 11.8. The van der Waals surface area contributed by atoms with Gasteiger partial charge in [0.05, 0.1) is 11.6 Å². The molecule has 0 saturated heterocycles. The number of aliphatic hydroxyl groups excluding tert-OH is 1. The first-order valence-corrected chi connectivity index (χ1v) is 7.57. The third-order valence-electron chi connectivity index (χ3n) is 3.76. The first-order chi connectivity index (χ1) is 10.2. The normalized spacial score (nSPS) is 15.9. The van der Waals surface area contributed by atoms with Crippen molar-refractivity contribution in [2.75, 3.05) is 19.8 Å². The smallest absolute Gasteiger partial charge is 0.315 e. The summed E-state index contributed by atoms with van der Waals surface area (Å²) in [7, 11) is 0. The molecule has 0 aliphatic heterocycles. The number of ether oxygens (including phenoxy) is 1. The van der Waals surface area contributed by atoms with E-state index in [2.05, 4.69) is 10.6 Å². The van der Waals surface area contributed by atoms with E-state index in [1.807, 2.05) is 12.1 Å². The van der Waals surface area contributed by atoms with Gasteiger partial charge in [-0.05, 0) is 37.8 Å². The Hall–Kier alpha value is -1.46. The fourth-order valence-corrected chi connectivity index (χ4v) is 2.62. The van der Waals surface area contributed by atoms with Gasteiger partial charge in [-0.25, -0.2) is 4.79 Å². The van der Waals surface area contributed by atoms with E-state index in [1.54, 1.807) is 12.1 Å². The van der Waals surface area contributed by atoms with Crippen LogP contribution in [0, 0.1) is 0 Å². The van der Waals surface area contributed by atoms with E-state index in [-0.39, 0.29) is 18.2 Å². The predicted molar refractivity (Wildman–Crippen MR) is 81.8 cm³/mol. The lowest BCUT2D eigenvalue weighted by atomic mass is 9.74. The van der Waals surface area contributed by atoms with Crippen LogP contribution in [0.3, 0.4) is 0 Å². The second-order valence-corrected chi connectivity index (χ2v) is 5.67. The van der Waals surface area contributed by atoms with E-state index in [1.165, 1.54) is 0 Å². The van der Waals surface area contributed by atoms with E-state index in [9.17, 15) is 4.79 Å². The molecule has 0 atom stereocenters. The van der Waals surface area contributed by atoms with Gasteiger partial charge in [0.25, 0.3) is 0 Å². The molecule has 1 aromatic carbocycles. The van der Waals surface area contributed by atoms with Gasteiger partial charge in [-0.1, -0.05) is 23.7 Å². The molecule has 6 heteroatoms. The largest absolute Gasteiger partial charge is 0.490 e. The van der Waals surface area contributed by atoms with Gasteiger partial charge < -0.3 is 20.5 Å². The summed E-state index contributed by atoms with van der Waals surface area (Å²) in [5, 5.41) is 15.3. The summed E-state index contributed by atoms with van der Waals surface area (Å²) in [6, 6.07) is 7.00. The molecule has 0 spiro atoms. The Morgan fingerprint density at radius 2 is 2.14 bits per heavy atom. The third kappa shape index (κ3) is 4.51. The monoisotopic (exact) mass is 312 g/mol. The molecule has 1 aromatic rings. The number of rotatable bonds is 7. The summed E-state index contributed by atoms with van der Waals surface area (Å²) in [6.45, 7) is 0.840. The van der Waals surface area contributed by atoms with Crippen molar-refractivity contribution in [1.82, 2.24) is 10.6 Å². The van der Waals surface area contributed by atoms with Crippen molar-refractivity contribution in [2.24, 2.45) is 0 Å². The van der Waals surface area contributed by atoms with Crippen LogP contribution in [0.15, 0.2) is 24.3 Å². The van der Waals surface area contributed by atoms with Gasteiger partial charge in [0, 0.05) is 12.1 Å². The van der Waals surface area contributed by atoms with Gasteiger partial charge >= 0.3 is 6.03 Å². The Morgan fingerprint density at radius 1 is 1.38 bits per heavy atom. The van der Waals surface area contributed by atoms with Crippen molar-refractivity contribution in [2.45, 2.75) is 31.2 Å². The van der Waals surface area contributed by atoms with Crippen molar-refractivity contribution >= 4 is 17.6 Å². The summed E-state index contributed by atoms with van der Waals surface area (Å²) in [5.41, 5.74) is -0.220. The summed E-state index contributed by atoms with van der Waals surface area (Å²) >= 11 is 5.97. The number of benzene rings is 1. The molecule has 21 heavy (non-hydrogen) atoms. The zero-order valence-electron chi connectivity index (χ0n) is 11.9. The Bertz CT molecular complexity index is 478. The topological polar surface area (TPSA) is 70.6 Å². The summed E-state index contributed by atoms with van der Waals surface area (Å²) in [5.74, 6) is 0.608. The van der Waals surface area contributed by atoms with Crippen molar-refractivity contribution in [3.63, 3.8) is 0 Å². The standard InChI is InChI=1S/C15H21ClN2O3/c16-12-4-1-2-5-13(12)21-11-9-17-14(20)18-15(8-10-19)6-3-7-15/h1-2,4-5,19H,3,6-11H2,(H2,17,18,20). The van der Waals surface area contributed by atoms with Gasteiger partial charge in [-0.15, -0.1) is 0 Å². The highest BCUT2D eigenvalue weighted by Gasteiger charge is 2.37. The zero-order valence-corrected chi connectivity index (χ0v) is 12.7. The molecule has 2 rings (SSSR count). The number of urea groups is 1. The van der Waals surface area contributed by atoms with Crippen LogP contribution in [0.5, 0.6) is 5.75 Å². The number of nitrogens with one attached hydrogen (secondary N) is 2. The summed E-state index contributed by atoms with van der Waals surface area (Å²) in [4.78, 5) is 11.8. The molecule has 0 bridgehead atoms. The molecule has 116 valence electrons. The Morgan fingerprint density at radius 3 is 2.76 bits per heavy atom. The SMILES string of the molecule is O=C(NCCOc1ccccc1Cl)NC1(CCO)CCC1. The first-order valence-electron chi connectivity index (χ1n) is 7.19. The van der Waals surface area contributed by atoms with E-state index >= 15 is 0 Å². The lowest BCUT2D eigenvalue weighted by Crippen LogP contribution is -2.57. The lowest BCUT2D eigenvalue weighted by molar-refractivity contribution is 0.135. The predicted octanol–water partition coefficient (Wildman–Crippen LogP) is 2.32. The molecule has 0 heterocycles. The highest BCUT2D eigenvalue weighted by atomic mass is 35.5. The lowest BCUT2D eigenvalue weighted by Gasteiger charge is -2.42. The fraction of sp³-hybridized carbons (Fsp3) is 0.533. The average molecular weight is 313 g/mol. The quantitative estimate of drug-likeness (QED) is 0.677. The molecular formula is C15H21ClN2O3. The van der Waals surface area contributed by atoms with E-state index in [0.717, 1.165) is 19.3 Å². The van der Waals surface area contributed by atoms with Gasteiger partial charge in [0.15, 0.2) is 0 Å². The molecule has 0 aromatic heterocycles. The Labute approximate surface area is 129 Å². The number of halogens is 1. The number of amides is 2. The Balaban J connectivity index is 1.66. The van der Waals surface area contributed by atoms with Crippen LogP contribution in [0.1, 0.15) is 25.7 Å². The molecule has 0 unspecified atom stereocenters. The third-order valence-corrected chi connectivity index (χ3v) is 4.07. The minimum Gasteiger partial charge on any atom is -0.490 e. The molecule has 2 amide bonds. The molecule has 1 saturated carbocycles. The number of hydrogen-bond acceptors (Lipinski definition) is 3. The molecule has 1 aliphatic carbocycles. The second-order valence-electron chi connectivity index (χ2n) is 5.27. The highest BCUT2D eigenvalue weighted by molar-refractivity contribution is 6.32. The van der Waals surface area contributed by atoms with E-state index in [4.69, 9.17) is 21.4 Å². The number of carbonyl (C=O) groups excluding carboxylic acids is 1. The number of para-hydroxylation sites is 1. The first kappa shape index (κ1) is 15.9. The van der Waals surface area contributed by atoms with Crippen LogP contribution in [0.4, 0.5) is 4.79 Å². The second kappa shape index (κ2) is 7.52. The average Bonchev–Trinajstić information content (AvgIpc) is 2.43. The van der Waals surface area contributed by atoms with Crippen LogP contribution in [0.25, 0.3) is 0 Å². The van der Waals surface area contributed by atoms with Gasteiger partial charge in [0.2, 0.25) is 0 Å². The van der Waals surface area contributed by atoms with Crippen molar-refractivity contribution in [3.8, 4) is 5.75 Å². The van der Waals surface area contributed by atoms with Crippen LogP contribution in [-0.2, 0) is 0 Å². The Kier molecular flexibility index (Phi) is 5.70.